The predicted molar refractivity (Wildman–Crippen MR) is 67.2 cm³/mol. The highest BCUT2D eigenvalue weighted by atomic mass is 32.2. The number of hydrogen-bond acceptors (Lipinski definition) is 3. The molecule has 0 fully saturated rings. The Kier molecular flexibility index (Phi) is 7.03. The second-order valence-electron chi connectivity index (χ2n) is 4.40. The summed E-state index contributed by atoms with van der Waals surface area (Å²) in [6.45, 7) is 7.14. The van der Waals surface area contributed by atoms with E-state index in [2.05, 4.69) is 5.32 Å². The molecule has 0 aliphatic heterocycles. The van der Waals surface area contributed by atoms with E-state index in [1.54, 1.807) is 13.8 Å². The first-order chi connectivity index (χ1) is 7.79. The Bertz CT molecular complexity index is 304. The van der Waals surface area contributed by atoms with Crippen molar-refractivity contribution < 1.29 is 18.9 Å². The number of hydrogen-bond donors (Lipinski definition) is 2. The van der Waals surface area contributed by atoms with Gasteiger partial charge >= 0.3 is 5.97 Å². The minimum Gasteiger partial charge on any atom is -0.480 e. The van der Waals surface area contributed by atoms with E-state index in [9.17, 15) is 13.8 Å². The molecule has 1 amide bonds. The third-order valence-electron chi connectivity index (χ3n) is 2.43. The summed E-state index contributed by atoms with van der Waals surface area (Å²) in [7, 11) is -1.68. The average molecular weight is 263 g/mol. The quantitative estimate of drug-likeness (QED) is 0.710. The summed E-state index contributed by atoms with van der Waals surface area (Å²) in [6, 6.07) is 0.0156. The minimum absolute atomic E-state index is 0.0156. The van der Waals surface area contributed by atoms with Gasteiger partial charge in [0.15, 0.2) is 0 Å². The zero-order valence-corrected chi connectivity index (χ0v) is 11.5. The smallest absolute Gasteiger partial charge is 0.319 e. The van der Waals surface area contributed by atoms with Crippen LogP contribution in [0.25, 0.3) is 0 Å². The fourth-order valence-electron chi connectivity index (χ4n) is 1.34. The molecule has 0 aliphatic carbocycles. The van der Waals surface area contributed by atoms with E-state index in [4.69, 9.17) is 5.11 Å². The molecule has 0 aromatic rings. The molecule has 0 aromatic carbocycles. The lowest BCUT2D eigenvalue weighted by molar-refractivity contribution is -0.137. The van der Waals surface area contributed by atoms with E-state index in [-0.39, 0.29) is 23.6 Å². The number of carbonyl (C=O) groups excluding carboxylic acids is 1. The van der Waals surface area contributed by atoms with Crippen molar-refractivity contribution in [2.75, 3.05) is 5.75 Å². The van der Waals surface area contributed by atoms with Crippen LogP contribution in [0, 0.1) is 5.92 Å². The number of nitrogens with one attached hydrogen (secondary N) is 1. The van der Waals surface area contributed by atoms with Gasteiger partial charge < -0.3 is 10.4 Å². The molecular weight excluding hydrogens is 242 g/mol. The first-order valence-corrected chi connectivity index (χ1v) is 7.07. The van der Waals surface area contributed by atoms with Gasteiger partial charge in [-0.25, -0.2) is 0 Å². The standard InChI is InChI=1S/C11H21NO4S/c1-5-8(4)12-9(13)6-17(16)10(7(2)3)11(14)15/h7-8,10H,5-6H2,1-4H3,(H,12,13)(H,14,15). The lowest BCUT2D eigenvalue weighted by Gasteiger charge is -2.16. The largest absolute Gasteiger partial charge is 0.480 e. The fraction of sp³-hybridized carbons (Fsp3) is 0.818. The van der Waals surface area contributed by atoms with Crippen molar-refractivity contribution in [1.29, 1.82) is 0 Å². The average Bonchev–Trinajstić information content (AvgIpc) is 2.15. The highest BCUT2D eigenvalue weighted by Crippen LogP contribution is 2.10. The maximum Gasteiger partial charge on any atom is 0.319 e. The minimum atomic E-state index is -1.68. The molecule has 100 valence electrons. The van der Waals surface area contributed by atoms with Gasteiger partial charge in [-0.3, -0.25) is 13.8 Å². The van der Waals surface area contributed by atoms with Crippen molar-refractivity contribution >= 4 is 22.7 Å². The Labute approximate surface area is 104 Å². The maximum atomic E-state index is 11.8. The Balaban J connectivity index is 4.41. The maximum absolute atomic E-state index is 11.8. The summed E-state index contributed by atoms with van der Waals surface area (Å²) in [6.07, 6.45) is 0.783. The van der Waals surface area contributed by atoms with Crippen molar-refractivity contribution in [3.8, 4) is 0 Å². The highest BCUT2D eigenvalue weighted by molar-refractivity contribution is 7.87. The van der Waals surface area contributed by atoms with Crippen molar-refractivity contribution in [2.24, 2.45) is 5.92 Å². The topological polar surface area (TPSA) is 83.5 Å². The van der Waals surface area contributed by atoms with Gasteiger partial charge in [0.1, 0.15) is 11.0 Å². The Morgan fingerprint density at radius 1 is 1.29 bits per heavy atom. The van der Waals surface area contributed by atoms with E-state index >= 15 is 0 Å². The summed E-state index contributed by atoms with van der Waals surface area (Å²) < 4.78 is 11.8. The van der Waals surface area contributed by atoms with Gasteiger partial charge in [-0.2, -0.15) is 0 Å². The normalized spacial score (nSPS) is 16.3. The number of carboxylic acids is 1. The van der Waals surface area contributed by atoms with Crippen LogP contribution in [0.5, 0.6) is 0 Å². The lowest BCUT2D eigenvalue weighted by Crippen LogP contribution is -2.40. The monoisotopic (exact) mass is 263 g/mol. The van der Waals surface area contributed by atoms with Crippen molar-refractivity contribution in [3.05, 3.63) is 0 Å². The van der Waals surface area contributed by atoms with Crippen LogP contribution in [0.2, 0.25) is 0 Å². The summed E-state index contributed by atoms with van der Waals surface area (Å²) in [4.78, 5) is 22.4. The molecule has 3 atom stereocenters. The molecule has 2 N–H and O–H groups in total. The van der Waals surface area contributed by atoms with Crippen LogP contribution in [0.4, 0.5) is 0 Å². The highest BCUT2D eigenvalue weighted by Gasteiger charge is 2.29. The van der Waals surface area contributed by atoms with Crippen LogP contribution >= 0.6 is 0 Å². The summed E-state index contributed by atoms with van der Waals surface area (Å²) >= 11 is 0. The van der Waals surface area contributed by atoms with E-state index in [0.29, 0.717) is 0 Å². The van der Waals surface area contributed by atoms with Gasteiger partial charge in [-0.1, -0.05) is 20.8 Å². The number of aliphatic carboxylic acids is 1. The molecular formula is C11H21NO4S. The van der Waals surface area contributed by atoms with Crippen LogP contribution in [0.3, 0.4) is 0 Å². The van der Waals surface area contributed by atoms with Gasteiger partial charge in [0, 0.05) is 16.8 Å². The first-order valence-electron chi connectivity index (χ1n) is 5.68. The van der Waals surface area contributed by atoms with E-state index in [1.807, 2.05) is 13.8 Å². The van der Waals surface area contributed by atoms with Crippen LogP contribution < -0.4 is 5.32 Å². The van der Waals surface area contributed by atoms with Crippen molar-refractivity contribution in [3.63, 3.8) is 0 Å². The molecule has 0 heterocycles. The van der Waals surface area contributed by atoms with E-state index < -0.39 is 22.0 Å². The van der Waals surface area contributed by atoms with Gasteiger partial charge in [-0.05, 0) is 19.3 Å². The number of carbonyl (C=O) groups is 2. The summed E-state index contributed by atoms with van der Waals surface area (Å²) in [5.74, 6) is -1.98. The summed E-state index contributed by atoms with van der Waals surface area (Å²) in [5, 5.41) is 10.6. The molecule has 0 radical (unpaired) electrons. The third-order valence-corrected chi connectivity index (χ3v) is 4.28. The molecule has 0 aromatic heterocycles. The molecule has 0 spiro atoms. The zero-order chi connectivity index (χ0) is 13.6. The Hall–Kier alpha value is -0.910. The molecule has 0 saturated heterocycles. The predicted octanol–water partition coefficient (Wildman–Crippen LogP) is 0.759. The van der Waals surface area contributed by atoms with Crippen LogP contribution in [-0.2, 0) is 20.4 Å². The van der Waals surface area contributed by atoms with E-state index in [0.717, 1.165) is 6.42 Å². The van der Waals surface area contributed by atoms with Crippen LogP contribution in [-0.4, -0.2) is 38.2 Å². The Morgan fingerprint density at radius 2 is 1.82 bits per heavy atom. The Morgan fingerprint density at radius 3 is 2.18 bits per heavy atom. The molecule has 0 saturated carbocycles. The molecule has 5 nitrogen and oxygen atoms in total. The molecule has 3 unspecified atom stereocenters. The van der Waals surface area contributed by atoms with Crippen molar-refractivity contribution in [2.45, 2.75) is 45.4 Å². The van der Waals surface area contributed by atoms with Gasteiger partial charge in [0.05, 0.1) is 0 Å². The summed E-state index contributed by atoms with van der Waals surface area (Å²) in [5.41, 5.74) is 0. The number of rotatable bonds is 7. The van der Waals surface area contributed by atoms with E-state index in [1.165, 1.54) is 0 Å². The first kappa shape index (κ1) is 16.1. The molecule has 17 heavy (non-hydrogen) atoms. The fourth-order valence-corrected chi connectivity index (χ4v) is 2.69. The number of carboxylic acid groups (broad SMARTS) is 1. The SMILES string of the molecule is CCC(C)NC(=O)CS(=O)C(C(=O)O)C(C)C. The zero-order valence-electron chi connectivity index (χ0n) is 10.7. The van der Waals surface area contributed by atoms with Gasteiger partial charge in [0.2, 0.25) is 5.91 Å². The van der Waals surface area contributed by atoms with Crippen molar-refractivity contribution in [1.82, 2.24) is 5.32 Å². The number of amides is 1. The van der Waals surface area contributed by atoms with Gasteiger partial charge in [0.25, 0.3) is 0 Å². The van der Waals surface area contributed by atoms with Gasteiger partial charge in [-0.15, -0.1) is 0 Å². The lowest BCUT2D eigenvalue weighted by atomic mass is 10.1. The molecule has 0 aliphatic rings. The third kappa shape index (κ3) is 5.81. The van der Waals surface area contributed by atoms with Crippen LogP contribution in [0.1, 0.15) is 34.1 Å². The molecule has 0 bridgehead atoms. The van der Waals surface area contributed by atoms with Crippen LogP contribution in [0.15, 0.2) is 0 Å². The molecule has 6 heteroatoms. The second kappa shape index (κ2) is 7.42. The second-order valence-corrected chi connectivity index (χ2v) is 5.96. The molecule has 0 rings (SSSR count).